The first-order chi connectivity index (χ1) is 10.2. The Labute approximate surface area is 122 Å². The molecule has 0 fully saturated rings. The van der Waals surface area contributed by atoms with Gasteiger partial charge in [-0.2, -0.15) is 5.10 Å². The van der Waals surface area contributed by atoms with Gasteiger partial charge in [-0.15, -0.1) is 0 Å². The monoisotopic (exact) mass is 283 g/mol. The maximum absolute atomic E-state index is 5.18. The highest BCUT2D eigenvalue weighted by Gasteiger charge is 2.11. The van der Waals surface area contributed by atoms with Crippen molar-refractivity contribution in [2.45, 2.75) is 13.0 Å². The molecule has 6 heteroatoms. The number of fused-ring (bicyclic) bond motifs is 1. The lowest BCUT2D eigenvalue weighted by Gasteiger charge is -2.15. The molecule has 0 aliphatic carbocycles. The number of anilines is 1. The molecular weight excluding hydrogens is 266 g/mol. The first kappa shape index (κ1) is 13.4. The van der Waals surface area contributed by atoms with Gasteiger partial charge in [0.15, 0.2) is 5.65 Å². The molecule has 0 aliphatic rings. The molecule has 0 bridgehead atoms. The molecule has 0 aliphatic heterocycles. The van der Waals surface area contributed by atoms with E-state index in [9.17, 15) is 0 Å². The van der Waals surface area contributed by atoms with Gasteiger partial charge in [0.1, 0.15) is 17.9 Å². The molecule has 1 atom stereocenters. The SMILES string of the molecule is COc1ccc(C(C)Nc2ncnc3c2cnn3C)cc1. The fourth-order valence-corrected chi connectivity index (χ4v) is 2.26. The van der Waals surface area contributed by atoms with Gasteiger partial charge in [-0.05, 0) is 24.6 Å². The van der Waals surface area contributed by atoms with Gasteiger partial charge in [0, 0.05) is 13.1 Å². The van der Waals surface area contributed by atoms with Crippen LogP contribution in [0.1, 0.15) is 18.5 Å². The molecule has 0 radical (unpaired) electrons. The van der Waals surface area contributed by atoms with Gasteiger partial charge in [-0.3, -0.25) is 4.68 Å². The Morgan fingerprint density at radius 1 is 1.19 bits per heavy atom. The van der Waals surface area contributed by atoms with Crippen molar-refractivity contribution in [1.82, 2.24) is 19.7 Å². The summed E-state index contributed by atoms with van der Waals surface area (Å²) in [5.41, 5.74) is 1.97. The van der Waals surface area contributed by atoms with Crippen LogP contribution in [0.5, 0.6) is 5.75 Å². The minimum Gasteiger partial charge on any atom is -0.497 e. The zero-order valence-corrected chi connectivity index (χ0v) is 12.2. The Morgan fingerprint density at radius 2 is 1.95 bits per heavy atom. The van der Waals surface area contributed by atoms with Gasteiger partial charge in [0.05, 0.1) is 18.7 Å². The predicted molar refractivity (Wildman–Crippen MR) is 81.3 cm³/mol. The highest BCUT2D eigenvalue weighted by molar-refractivity contribution is 5.86. The summed E-state index contributed by atoms with van der Waals surface area (Å²) in [4.78, 5) is 8.56. The third-order valence-electron chi connectivity index (χ3n) is 3.50. The van der Waals surface area contributed by atoms with Crippen LogP contribution in [0.4, 0.5) is 5.82 Å². The van der Waals surface area contributed by atoms with Crippen molar-refractivity contribution in [1.29, 1.82) is 0 Å². The molecular formula is C15H17N5O. The standard InChI is InChI=1S/C15H17N5O/c1-10(11-4-6-12(21-3)7-5-11)19-14-13-8-18-20(2)15(13)17-9-16-14/h4-10H,1-3H3,(H,16,17,19). The van der Waals surface area contributed by atoms with E-state index in [4.69, 9.17) is 4.74 Å². The first-order valence-electron chi connectivity index (χ1n) is 6.72. The lowest BCUT2D eigenvalue weighted by molar-refractivity contribution is 0.414. The predicted octanol–water partition coefficient (Wildman–Crippen LogP) is 2.55. The van der Waals surface area contributed by atoms with E-state index in [-0.39, 0.29) is 6.04 Å². The lowest BCUT2D eigenvalue weighted by atomic mass is 10.1. The van der Waals surface area contributed by atoms with Gasteiger partial charge in [0.25, 0.3) is 0 Å². The number of rotatable bonds is 4. The molecule has 0 saturated heterocycles. The number of benzene rings is 1. The molecule has 1 N–H and O–H groups in total. The highest BCUT2D eigenvalue weighted by atomic mass is 16.5. The van der Waals surface area contributed by atoms with Gasteiger partial charge in [-0.25, -0.2) is 9.97 Å². The van der Waals surface area contributed by atoms with E-state index in [1.165, 1.54) is 0 Å². The van der Waals surface area contributed by atoms with Crippen LogP contribution < -0.4 is 10.1 Å². The Balaban J connectivity index is 1.87. The van der Waals surface area contributed by atoms with Crippen LogP contribution in [0.25, 0.3) is 11.0 Å². The number of hydrogen-bond acceptors (Lipinski definition) is 5. The molecule has 21 heavy (non-hydrogen) atoms. The summed E-state index contributed by atoms with van der Waals surface area (Å²) in [5, 5.41) is 8.54. The molecule has 1 unspecified atom stereocenters. The van der Waals surface area contributed by atoms with Crippen LogP contribution >= 0.6 is 0 Å². The molecule has 0 spiro atoms. The number of hydrogen-bond donors (Lipinski definition) is 1. The quantitative estimate of drug-likeness (QED) is 0.797. The first-order valence-corrected chi connectivity index (χ1v) is 6.72. The Hall–Kier alpha value is -2.63. The summed E-state index contributed by atoms with van der Waals surface area (Å²) in [7, 11) is 3.53. The summed E-state index contributed by atoms with van der Waals surface area (Å²) in [6, 6.07) is 8.10. The smallest absolute Gasteiger partial charge is 0.163 e. The van der Waals surface area contributed by atoms with Gasteiger partial charge in [0.2, 0.25) is 0 Å². The van der Waals surface area contributed by atoms with Crippen molar-refractivity contribution in [3.8, 4) is 5.75 Å². The third-order valence-corrected chi connectivity index (χ3v) is 3.50. The van der Waals surface area contributed by atoms with E-state index < -0.39 is 0 Å². The Kier molecular flexibility index (Phi) is 3.43. The number of nitrogens with zero attached hydrogens (tertiary/aromatic N) is 4. The van der Waals surface area contributed by atoms with Crippen LogP contribution in [0, 0.1) is 0 Å². The topological polar surface area (TPSA) is 64.9 Å². The average Bonchev–Trinajstić information content (AvgIpc) is 2.90. The van der Waals surface area contributed by atoms with Gasteiger partial charge in [-0.1, -0.05) is 12.1 Å². The Bertz CT molecular complexity index is 750. The van der Waals surface area contributed by atoms with E-state index in [0.717, 1.165) is 28.2 Å². The zero-order valence-electron chi connectivity index (χ0n) is 12.2. The molecule has 2 aromatic heterocycles. The number of methoxy groups -OCH3 is 1. The van der Waals surface area contributed by atoms with E-state index in [1.54, 1.807) is 24.3 Å². The maximum Gasteiger partial charge on any atom is 0.163 e. The van der Waals surface area contributed by atoms with Crippen LogP contribution in [0.15, 0.2) is 36.8 Å². The molecule has 2 heterocycles. The second-order valence-corrected chi connectivity index (χ2v) is 4.87. The van der Waals surface area contributed by atoms with Crippen LogP contribution in [-0.2, 0) is 7.05 Å². The van der Waals surface area contributed by atoms with Crippen molar-refractivity contribution in [3.05, 3.63) is 42.4 Å². The second-order valence-electron chi connectivity index (χ2n) is 4.87. The fourth-order valence-electron chi connectivity index (χ4n) is 2.26. The minimum atomic E-state index is 0.120. The Morgan fingerprint density at radius 3 is 2.67 bits per heavy atom. The van der Waals surface area contributed by atoms with E-state index in [1.807, 2.05) is 31.3 Å². The van der Waals surface area contributed by atoms with Crippen molar-refractivity contribution >= 4 is 16.9 Å². The minimum absolute atomic E-state index is 0.120. The largest absolute Gasteiger partial charge is 0.497 e. The molecule has 3 rings (SSSR count). The molecule has 108 valence electrons. The number of nitrogens with one attached hydrogen (secondary N) is 1. The average molecular weight is 283 g/mol. The summed E-state index contributed by atoms with van der Waals surface area (Å²) in [6.45, 7) is 2.09. The number of ether oxygens (including phenoxy) is 1. The van der Waals surface area contributed by atoms with E-state index in [0.29, 0.717) is 0 Å². The van der Waals surface area contributed by atoms with Crippen molar-refractivity contribution in [3.63, 3.8) is 0 Å². The fraction of sp³-hybridized carbons (Fsp3) is 0.267. The molecule has 6 nitrogen and oxygen atoms in total. The normalized spacial score (nSPS) is 12.3. The van der Waals surface area contributed by atoms with Crippen LogP contribution in [-0.4, -0.2) is 26.9 Å². The summed E-state index contributed by atoms with van der Waals surface area (Å²) < 4.78 is 6.91. The maximum atomic E-state index is 5.18. The lowest BCUT2D eigenvalue weighted by Crippen LogP contribution is -2.08. The van der Waals surface area contributed by atoms with E-state index >= 15 is 0 Å². The molecule has 1 aromatic carbocycles. The van der Waals surface area contributed by atoms with Crippen molar-refractivity contribution in [2.75, 3.05) is 12.4 Å². The third kappa shape index (κ3) is 2.52. The van der Waals surface area contributed by atoms with E-state index in [2.05, 4.69) is 27.3 Å². The van der Waals surface area contributed by atoms with Crippen molar-refractivity contribution in [2.24, 2.45) is 7.05 Å². The highest BCUT2D eigenvalue weighted by Crippen LogP contribution is 2.24. The molecule has 0 amide bonds. The summed E-state index contributed by atoms with van der Waals surface area (Å²) in [5.74, 6) is 1.64. The summed E-state index contributed by atoms with van der Waals surface area (Å²) in [6.07, 6.45) is 3.32. The van der Waals surface area contributed by atoms with Gasteiger partial charge < -0.3 is 10.1 Å². The molecule has 3 aromatic rings. The number of aryl methyl sites for hydroxylation is 1. The van der Waals surface area contributed by atoms with Crippen LogP contribution in [0.3, 0.4) is 0 Å². The van der Waals surface area contributed by atoms with Gasteiger partial charge >= 0.3 is 0 Å². The zero-order chi connectivity index (χ0) is 14.8. The second kappa shape index (κ2) is 5.40. The number of aromatic nitrogens is 4. The van der Waals surface area contributed by atoms with Crippen LogP contribution in [0.2, 0.25) is 0 Å². The van der Waals surface area contributed by atoms with Crippen molar-refractivity contribution < 1.29 is 4.74 Å². The molecule has 0 saturated carbocycles. The summed E-state index contributed by atoms with van der Waals surface area (Å²) >= 11 is 0.